The van der Waals surface area contributed by atoms with E-state index in [4.69, 9.17) is 11.6 Å². The molecule has 0 aliphatic carbocycles. The van der Waals surface area contributed by atoms with Crippen molar-refractivity contribution in [1.29, 1.82) is 0 Å². The number of nitrogens with zero attached hydrogens (tertiary/aromatic N) is 1. The number of nitrogens with one attached hydrogen (secondary N) is 1. The highest BCUT2D eigenvalue weighted by Crippen LogP contribution is 2.32. The molecule has 1 N–H and O–H groups in total. The number of halogens is 4. The van der Waals surface area contributed by atoms with Crippen LogP contribution in [0.1, 0.15) is 22.3 Å². The average Bonchev–Trinajstić information content (AvgIpc) is 2.95. The first-order valence-corrected chi connectivity index (χ1v) is 8.16. The van der Waals surface area contributed by atoms with Gasteiger partial charge < -0.3 is 10.2 Å². The Balaban J connectivity index is 1.74. The van der Waals surface area contributed by atoms with E-state index < -0.39 is 29.3 Å². The molecule has 136 valence electrons. The summed E-state index contributed by atoms with van der Waals surface area (Å²) >= 11 is 5.82. The smallest absolute Gasteiger partial charge is 0.347 e. The van der Waals surface area contributed by atoms with Crippen LogP contribution in [0, 0.1) is 0 Å². The first-order valence-electron chi connectivity index (χ1n) is 7.79. The molecular weight excluding hydrogens is 369 g/mol. The van der Waals surface area contributed by atoms with E-state index in [9.17, 15) is 22.8 Å². The molecule has 3 rings (SSSR count). The molecule has 0 aromatic heterocycles. The van der Waals surface area contributed by atoms with Crippen LogP contribution < -0.4 is 10.2 Å². The standard InChI is InChI=1S/C18H14ClF3N2O2/c19-11-5-7-13(8-6-11)24-10-12(9-16(24)25)23-17(26)14-3-1-2-4-15(14)18(20,21)22/h1-8,12H,9-10H2,(H,23,26). The minimum absolute atomic E-state index is 0.0164. The van der Waals surface area contributed by atoms with Crippen LogP contribution in [-0.4, -0.2) is 24.4 Å². The van der Waals surface area contributed by atoms with Gasteiger partial charge in [-0.3, -0.25) is 9.59 Å². The quantitative estimate of drug-likeness (QED) is 0.875. The van der Waals surface area contributed by atoms with Crippen molar-refractivity contribution in [3.63, 3.8) is 0 Å². The van der Waals surface area contributed by atoms with Crippen molar-refractivity contribution in [1.82, 2.24) is 5.32 Å². The predicted octanol–water partition coefficient (Wildman–Crippen LogP) is 3.89. The van der Waals surface area contributed by atoms with Crippen LogP contribution in [0.5, 0.6) is 0 Å². The number of anilines is 1. The normalized spacial score (nSPS) is 17.5. The van der Waals surface area contributed by atoms with Crippen molar-refractivity contribution in [3.8, 4) is 0 Å². The van der Waals surface area contributed by atoms with Crippen molar-refractivity contribution in [2.24, 2.45) is 0 Å². The molecule has 0 spiro atoms. The first-order chi connectivity index (χ1) is 12.3. The highest BCUT2D eigenvalue weighted by molar-refractivity contribution is 6.30. The number of alkyl halides is 3. The molecule has 26 heavy (non-hydrogen) atoms. The second-order valence-electron chi connectivity index (χ2n) is 5.90. The van der Waals surface area contributed by atoms with E-state index in [0.29, 0.717) is 10.7 Å². The predicted molar refractivity (Wildman–Crippen MR) is 91.1 cm³/mol. The molecule has 4 nitrogen and oxygen atoms in total. The van der Waals surface area contributed by atoms with Crippen molar-refractivity contribution >= 4 is 29.1 Å². The summed E-state index contributed by atoms with van der Waals surface area (Å²) in [5, 5.41) is 3.04. The minimum atomic E-state index is -4.63. The fourth-order valence-corrected chi connectivity index (χ4v) is 2.99. The zero-order valence-electron chi connectivity index (χ0n) is 13.4. The van der Waals surface area contributed by atoms with Gasteiger partial charge in [-0.15, -0.1) is 0 Å². The molecule has 8 heteroatoms. The van der Waals surface area contributed by atoms with E-state index in [1.54, 1.807) is 24.3 Å². The molecule has 2 aromatic carbocycles. The van der Waals surface area contributed by atoms with Gasteiger partial charge in [0.15, 0.2) is 0 Å². The van der Waals surface area contributed by atoms with Gasteiger partial charge in [-0.1, -0.05) is 23.7 Å². The molecule has 1 atom stereocenters. The Morgan fingerprint density at radius 1 is 1.12 bits per heavy atom. The highest BCUT2D eigenvalue weighted by atomic mass is 35.5. The van der Waals surface area contributed by atoms with Gasteiger partial charge >= 0.3 is 6.18 Å². The lowest BCUT2D eigenvalue weighted by Crippen LogP contribution is -2.38. The van der Waals surface area contributed by atoms with Gasteiger partial charge in [0.25, 0.3) is 5.91 Å². The third-order valence-electron chi connectivity index (χ3n) is 4.08. The van der Waals surface area contributed by atoms with Crippen LogP contribution in [0.4, 0.5) is 18.9 Å². The van der Waals surface area contributed by atoms with E-state index in [2.05, 4.69) is 5.32 Å². The summed E-state index contributed by atoms with van der Waals surface area (Å²) in [6.45, 7) is 0.181. The van der Waals surface area contributed by atoms with E-state index in [0.717, 1.165) is 12.1 Å². The second kappa shape index (κ2) is 6.99. The number of rotatable bonds is 3. The number of carbonyl (C=O) groups excluding carboxylic acids is 2. The number of hydrogen-bond donors (Lipinski definition) is 1. The number of amides is 2. The van der Waals surface area contributed by atoms with Crippen LogP contribution in [0.3, 0.4) is 0 Å². The van der Waals surface area contributed by atoms with Gasteiger partial charge in [0.05, 0.1) is 17.2 Å². The third kappa shape index (κ3) is 3.83. The summed E-state index contributed by atoms with van der Waals surface area (Å²) in [6.07, 6.45) is -4.61. The van der Waals surface area contributed by atoms with Gasteiger partial charge in [0.2, 0.25) is 5.91 Å². The maximum atomic E-state index is 13.0. The zero-order chi connectivity index (χ0) is 18.9. The third-order valence-corrected chi connectivity index (χ3v) is 4.33. The number of hydrogen-bond acceptors (Lipinski definition) is 2. The fraction of sp³-hybridized carbons (Fsp3) is 0.222. The molecule has 1 fully saturated rings. The summed E-state index contributed by atoms with van der Waals surface area (Å²) in [5.74, 6) is -1.07. The minimum Gasteiger partial charge on any atom is -0.347 e. The lowest BCUT2D eigenvalue weighted by molar-refractivity contribution is -0.138. The molecule has 1 aliphatic rings. The van der Waals surface area contributed by atoms with E-state index in [1.807, 2.05) is 0 Å². The maximum absolute atomic E-state index is 13.0. The number of carbonyl (C=O) groups is 2. The molecule has 0 radical (unpaired) electrons. The largest absolute Gasteiger partial charge is 0.417 e. The first kappa shape index (κ1) is 18.3. The molecule has 1 heterocycles. The average molecular weight is 383 g/mol. The SMILES string of the molecule is O=C(NC1CC(=O)N(c2ccc(Cl)cc2)C1)c1ccccc1C(F)(F)F. The van der Waals surface area contributed by atoms with E-state index >= 15 is 0 Å². The molecule has 2 aromatic rings. The van der Waals surface area contributed by atoms with Crippen LogP contribution in [-0.2, 0) is 11.0 Å². The van der Waals surface area contributed by atoms with Crippen LogP contribution in [0.2, 0.25) is 5.02 Å². The fourth-order valence-electron chi connectivity index (χ4n) is 2.87. The Morgan fingerprint density at radius 3 is 2.42 bits per heavy atom. The Labute approximate surface area is 152 Å². The van der Waals surface area contributed by atoms with Crippen molar-refractivity contribution < 1.29 is 22.8 Å². The molecule has 0 saturated carbocycles. The van der Waals surface area contributed by atoms with Crippen LogP contribution in [0.25, 0.3) is 0 Å². The Morgan fingerprint density at radius 2 is 1.77 bits per heavy atom. The summed E-state index contributed by atoms with van der Waals surface area (Å²) in [5.41, 5.74) is -0.847. The van der Waals surface area contributed by atoms with Gasteiger partial charge in [-0.25, -0.2) is 0 Å². The number of benzene rings is 2. The van der Waals surface area contributed by atoms with Crippen molar-refractivity contribution in [2.45, 2.75) is 18.6 Å². The van der Waals surface area contributed by atoms with Crippen molar-refractivity contribution in [2.75, 3.05) is 11.4 Å². The lowest BCUT2D eigenvalue weighted by Gasteiger charge is -2.18. The van der Waals surface area contributed by atoms with Gasteiger partial charge in [0, 0.05) is 23.7 Å². The monoisotopic (exact) mass is 382 g/mol. The van der Waals surface area contributed by atoms with Gasteiger partial charge in [-0.05, 0) is 36.4 Å². The summed E-state index contributed by atoms with van der Waals surface area (Å²) in [7, 11) is 0. The van der Waals surface area contributed by atoms with Crippen molar-refractivity contribution in [3.05, 3.63) is 64.7 Å². The van der Waals surface area contributed by atoms with Crippen LogP contribution in [0.15, 0.2) is 48.5 Å². The molecule has 1 aliphatic heterocycles. The maximum Gasteiger partial charge on any atom is 0.417 e. The Bertz CT molecular complexity index is 837. The van der Waals surface area contributed by atoms with E-state index in [-0.39, 0.29) is 18.9 Å². The molecule has 0 bridgehead atoms. The van der Waals surface area contributed by atoms with E-state index in [1.165, 1.54) is 17.0 Å². The molecular formula is C18H14ClF3N2O2. The van der Waals surface area contributed by atoms with Gasteiger partial charge in [-0.2, -0.15) is 13.2 Å². The Kier molecular flexibility index (Phi) is 4.91. The second-order valence-corrected chi connectivity index (χ2v) is 6.34. The summed E-state index contributed by atoms with van der Waals surface area (Å²) < 4.78 is 39.1. The molecule has 1 saturated heterocycles. The zero-order valence-corrected chi connectivity index (χ0v) is 14.1. The summed E-state index contributed by atoms with van der Waals surface area (Å²) in [6, 6.07) is 10.6. The topological polar surface area (TPSA) is 49.4 Å². The van der Waals surface area contributed by atoms with Gasteiger partial charge in [0.1, 0.15) is 0 Å². The molecule has 2 amide bonds. The summed E-state index contributed by atoms with van der Waals surface area (Å²) in [4.78, 5) is 25.9. The Hall–Kier alpha value is -2.54. The lowest BCUT2D eigenvalue weighted by atomic mass is 10.1. The van der Waals surface area contributed by atoms with Crippen LogP contribution >= 0.6 is 11.6 Å². The highest BCUT2D eigenvalue weighted by Gasteiger charge is 2.36. The molecule has 1 unspecified atom stereocenters.